The second-order valence-electron chi connectivity index (χ2n) is 10.4. The van der Waals surface area contributed by atoms with Crippen molar-refractivity contribution in [2.45, 2.75) is 91.0 Å². The van der Waals surface area contributed by atoms with Crippen molar-refractivity contribution in [2.75, 3.05) is 6.54 Å². The van der Waals surface area contributed by atoms with Crippen molar-refractivity contribution in [3.8, 4) is 0 Å². The molecule has 1 aliphatic carbocycles. The van der Waals surface area contributed by atoms with Crippen LogP contribution in [0.15, 0.2) is 0 Å². The summed E-state index contributed by atoms with van der Waals surface area (Å²) in [5.41, 5.74) is 5.32. The molecule has 0 unspecified atom stereocenters. The van der Waals surface area contributed by atoms with Gasteiger partial charge in [-0.3, -0.25) is 19.2 Å². The molecule has 0 aromatic carbocycles. The monoisotopic (exact) mass is 418 g/mol. The van der Waals surface area contributed by atoms with Crippen LogP contribution in [0.4, 0.5) is 0 Å². The molecule has 168 valence electrons. The molecule has 3 aliphatic rings. The molecule has 3 rings (SSSR count). The Morgan fingerprint density at radius 1 is 0.967 bits per heavy atom. The standard InChI is InChI=1S/C24H38N2O4/c1-15-11-9-7-5-4-6-8-10-12-16(21(28)22(25)29)13-18(27)20-19-17(24(19,2)3)14-26(20)23(15)30/h15-17,19-20H,4-14H2,1-3H3,(H2,25,29)/t15-,16+,17-,19-,20+/m0/s1. The number of hydrogen-bond donors (Lipinski definition) is 1. The number of fused-ring (bicyclic) bond motifs is 3. The first kappa shape index (κ1) is 23.0. The highest BCUT2D eigenvalue weighted by Gasteiger charge is 2.69. The highest BCUT2D eigenvalue weighted by atomic mass is 16.2. The maximum absolute atomic E-state index is 13.4. The summed E-state index contributed by atoms with van der Waals surface area (Å²) >= 11 is 0. The van der Waals surface area contributed by atoms with Crippen LogP contribution in [0.3, 0.4) is 0 Å². The van der Waals surface area contributed by atoms with E-state index in [9.17, 15) is 19.2 Å². The molecule has 6 heteroatoms. The third-order valence-corrected chi connectivity index (χ3v) is 7.99. The average molecular weight is 419 g/mol. The molecule has 5 atom stereocenters. The molecular weight excluding hydrogens is 380 g/mol. The summed E-state index contributed by atoms with van der Waals surface area (Å²) < 4.78 is 0. The lowest BCUT2D eigenvalue weighted by Crippen LogP contribution is -2.48. The van der Waals surface area contributed by atoms with Gasteiger partial charge in [0, 0.05) is 24.8 Å². The van der Waals surface area contributed by atoms with Crippen LogP contribution in [0.2, 0.25) is 0 Å². The molecule has 2 amide bonds. The Balaban J connectivity index is 1.81. The van der Waals surface area contributed by atoms with Crippen molar-refractivity contribution in [3.63, 3.8) is 0 Å². The van der Waals surface area contributed by atoms with Crippen molar-refractivity contribution in [2.24, 2.45) is 34.8 Å². The number of hydrogen-bond acceptors (Lipinski definition) is 4. The fraction of sp³-hybridized carbons (Fsp3) is 0.833. The van der Waals surface area contributed by atoms with Crippen LogP contribution in [0.25, 0.3) is 0 Å². The van der Waals surface area contributed by atoms with Gasteiger partial charge in [0.2, 0.25) is 11.7 Å². The quantitative estimate of drug-likeness (QED) is 0.696. The maximum Gasteiger partial charge on any atom is 0.285 e. The van der Waals surface area contributed by atoms with Crippen molar-refractivity contribution in [1.82, 2.24) is 4.90 Å². The van der Waals surface area contributed by atoms with E-state index in [1.165, 1.54) is 0 Å². The molecular formula is C24H38N2O4. The summed E-state index contributed by atoms with van der Waals surface area (Å²) in [4.78, 5) is 52.4. The molecule has 30 heavy (non-hydrogen) atoms. The van der Waals surface area contributed by atoms with Gasteiger partial charge in [0.1, 0.15) is 0 Å². The first-order valence-electron chi connectivity index (χ1n) is 11.8. The molecule has 0 aromatic rings. The second-order valence-corrected chi connectivity index (χ2v) is 10.4. The molecule has 1 saturated carbocycles. The van der Waals surface area contributed by atoms with E-state index in [0.29, 0.717) is 18.9 Å². The molecule has 2 heterocycles. The molecule has 3 fully saturated rings. The second kappa shape index (κ2) is 9.19. The minimum Gasteiger partial charge on any atom is -0.363 e. The largest absolute Gasteiger partial charge is 0.363 e. The van der Waals surface area contributed by atoms with Crippen LogP contribution >= 0.6 is 0 Å². The van der Waals surface area contributed by atoms with Crippen LogP contribution < -0.4 is 5.73 Å². The zero-order valence-electron chi connectivity index (χ0n) is 18.8. The van der Waals surface area contributed by atoms with E-state index in [0.717, 1.165) is 51.4 Å². The minimum absolute atomic E-state index is 0.0178. The smallest absolute Gasteiger partial charge is 0.285 e. The predicted octanol–water partition coefficient (Wildman–Crippen LogP) is 3.26. The number of piperidine rings is 1. The number of carbonyl (C=O) groups is 4. The fourth-order valence-corrected chi connectivity index (χ4v) is 5.91. The van der Waals surface area contributed by atoms with Crippen LogP contribution in [-0.2, 0) is 19.2 Å². The summed E-state index contributed by atoms with van der Waals surface area (Å²) in [6, 6.07) is -0.462. The van der Waals surface area contributed by atoms with Gasteiger partial charge in [-0.15, -0.1) is 0 Å². The Hall–Kier alpha value is -1.72. The minimum atomic E-state index is -0.959. The van der Waals surface area contributed by atoms with E-state index in [1.807, 2.05) is 6.92 Å². The number of primary amides is 1. The van der Waals surface area contributed by atoms with Gasteiger partial charge >= 0.3 is 0 Å². The maximum atomic E-state index is 13.4. The SMILES string of the molecule is C[C@H]1CCCCCCCCC[C@@H](C(=O)C(N)=O)CC(=O)[C@@H]2[C@@H]3[C@H](CN2C1=O)C3(C)C. The molecule has 2 aliphatic heterocycles. The van der Waals surface area contributed by atoms with E-state index < -0.39 is 23.7 Å². The summed E-state index contributed by atoms with van der Waals surface area (Å²) in [7, 11) is 0. The first-order valence-corrected chi connectivity index (χ1v) is 11.8. The highest BCUT2D eigenvalue weighted by Crippen LogP contribution is 2.65. The lowest BCUT2D eigenvalue weighted by atomic mass is 9.86. The summed E-state index contributed by atoms with van der Waals surface area (Å²) in [6.07, 6.45) is 8.78. The number of carbonyl (C=O) groups excluding carboxylic acids is 4. The normalized spacial score (nSPS) is 35.4. The van der Waals surface area contributed by atoms with Crippen LogP contribution in [0.5, 0.6) is 0 Å². The number of rotatable bonds is 2. The van der Waals surface area contributed by atoms with Crippen LogP contribution in [0, 0.1) is 29.1 Å². The van der Waals surface area contributed by atoms with Gasteiger partial charge in [0.05, 0.1) is 6.04 Å². The number of nitrogens with zero attached hydrogens (tertiary/aromatic N) is 1. The van der Waals surface area contributed by atoms with E-state index in [4.69, 9.17) is 5.73 Å². The molecule has 0 bridgehead atoms. The van der Waals surface area contributed by atoms with Crippen molar-refractivity contribution in [1.29, 1.82) is 0 Å². The lowest BCUT2D eigenvalue weighted by molar-refractivity contribution is -0.144. The molecule has 6 nitrogen and oxygen atoms in total. The van der Waals surface area contributed by atoms with Gasteiger partial charge in [-0.05, 0) is 30.1 Å². The molecule has 2 N–H and O–H groups in total. The zero-order chi connectivity index (χ0) is 22.1. The van der Waals surface area contributed by atoms with E-state index in [-0.39, 0.29) is 35.4 Å². The fourth-order valence-electron chi connectivity index (χ4n) is 5.91. The Labute approximate surface area is 180 Å². The summed E-state index contributed by atoms with van der Waals surface area (Å²) in [5.74, 6) is -1.84. The predicted molar refractivity (Wildman–Crippen MR) is 114 cm³/mol. The Morgan fingerprint density at radius 2 is 1.53 bits per heavy atom. The van der Waals surface area contributed by atoms with E-state index in [1.54, 1.807) is 4.90 Å². The van der Waals surface area contributed by atoms with Gasteiger partial charge in [0.15, 0.2) is 5.78 Å². The first-order chi connectivity index (χ1) is 14.2. The Kier molecular flexibility index (Phi) is 7.03. The van der Waals surface area contributed by atoms with Gasteiger partial charge in [-0.25, -0.2) is 0 Å². The molecule has 0 aromatic heterocycles. The average Bonchev–Trinajstić information content (AvgIpc) is 3.04. The third-order valence-electron chi connectivity index (χ3n) is 7.99. The molecule has 0 radical (unpaired) electrons. The number of Topliss-reactive ketones (excluding diaryl/α,β-unsaturated/α-hetero) is 2. The number of nitrogens with two attached hydrogens (primary N) is 1. The van der Waals surface area contributed by atoms with Crippen molar-refractivity contribution < 1.29 is 19.2 Å². The summed E-state index contributed by atoms with van der Waals surface area (Å²) in [6.45, 7) is 6.92. The summed E-state index contributed by atoms with van der Waals surface area (Å²) in [5, 5.41) is 0. The van der Waals surface area contributed by atoms with Gasteiger partial charge < -0.3 is 10.6 Å². The van der Waals surface area contributed by atoms with E-state index in [2.05, 4.69) is 13.8 Å². The number of amides is 2. The number of ketones is 2. The van der Waals surface area contributed by atoms with Gasteiger partial charge in [0.25, 0.3) is 5.91 Å². The van der Waals surface area contributed by atoms with Crippen LogP contribution in [0.1, 0.15) is 85.0 Å². The third kappa shape index (κ3) is 4.62. The zero-order valence-corrected chi connectivity index (χ0v) is 18.8. The van der Waals surface area contributed by atoms with Crippen molar-refractivity contribution in [3.05, 3.63) is 0 Å². The van der Waals surface area contributed by atoms with Crippen LogP contribution in [-0.4, -0.2) is 40.9 Å². The van der Waals surface area contributed by atoms with Crippen molar-refractivity contribution >= 4 is 23.4 Å². The molecule has 2 saturated heterocycles. The van der Waals surface area contributed by atoms with Gasteiger partial charge in [-0.2, -0.15) is 0 Å². The molecule has 0 spiro atoms. The Morgan fingerprint density at radius 3 is 2.13 bits per heavy atom. The lowest BCUT2D eigenvalue weighted by Gasteiger charge is -2.32. The highest BCUT2D eigenvalue weighted by molar-refractivity contribution is 6.36. The van der Waals surface area contributed by atoms with Gasteiger partial charge in [-0.1, -0.05) is 65.7 Å². The van der Waals surface area contributed by atoms with E-state index >= 15 is 0 Å². The topological polar surface area (TPSA) is 97.5 Å². The Bertz CT molecular complexity index is 701.